The minimum Gasteiger partial charge on any atom is -0.322 e. The standard InChI is InChI=1S/C12H13ClN2S/c1-2-10(14)12-15-11(7-16-12)8-4-3-5-9(13)6-8/h3-7,10H,2,14H2,1H3. The van der Waals surface area contributed by atoms with Crippen molar-refractivity contribution in [1.29, 1.82) is 0 Å². The largest absolute Gasteiger partial charge is 0.322 e. The maximum Gasteiger partial charge on any atom is 0.110 e. The molecule has 0 aliphatic rings. The van der Waals surface area contributed by atoms with Crippen LogP contribution in [-0.2, 0) is 0 Å². The molecule has 16 heavy (non-hydrogen) atoms. The van der Waals surface area contributed by atoms with E-state index in [9.17, 15) is 0 Å². The first-order valence-electron chi connectivity index (χ1n) is 5.17. The molecular formula is C12H13ClN2S. The smallest absolute Gasteiger partial charge is 0.110 e. The van der Waals surface area contributed by atoms with Crippen LogP contribution in [0.1, 0.15) is 24.4 Å². The molecule has 1 heterocycles. The van der Waals surface area contributed by atoms with Gasteiger partial charge in [-0.3, -0.25) is 0 Å². The Kier molecular flexibility index (Phi) is 3.59. The van der Waals surface area contributed by atoms with E-state index in [1.165, 1.54) is 0 Å². The number of hydrogen-bond acceptors (Lipinski definition) is 3. The Hall–Kier alpha value is -0.900. The van der Waals surface area contributed by atoms with Crippen LogP contribution in [0.15, 0.2) is 29.6 Å². The Labute approximate surface area is 104 Å². The van der Waals surface area contributed by atoms with Crippen LogP contribution in [0.25, 0.3) is 11.3 Å². The van der Waals surface area contributed by atoms with Crippen molar-refractivity contribution in [3.05, 3.63) is 39.7 Å². The topological polar surface area (TPSA) is 38.9 Å². The third kappa shape index (κ3) is 2.43. The van der Waals surface area contributed by atoms with Gasteiger partial charge >= 0.3 is 0 Å². The highest BCUT2D eigenvalue weighted by molar-refractivity contribution is 7.10. The van der Waals surface area contributed by atoms with Gasteiger partial charge in [-0.2, -0.15) is 0 Å². The highest BCUT2D eigenvalue weighted by Gasteiger charge is 2.09. The summed E-state index contributed by atoms with van der Waals surface area (Å²) in [6, 6.07) is 7.74. The van der Waals surface area contributed by atoms with Gasteiger partial charge in [0.05, 0.1) is 11.7 Å². The van der Waals surface area contributed by atoms with Gasteiger partial charge in [0.25, 0.3) is 0 Å². The van der Waals surface area contributed by atoms with Crippen LogP contribution in [0.5, 0.6) is 0 Å². The summed E-state index contributed by atoms with van der Waals surface area (Å²) in [7, 11) is 0. The maximum absolute atomic E-state index is 5.94. The summed E-state index contributed by atoms with van der Waals surface area (Å²) >= 11 is 7.55. The van der Waals surface area contributed by atoms with Gasteiger partial charge in [0, 0.05) is 16.0 Å². The van der Waals surface area contributed by atoms with Crippen LogP contribution in [0.2, 0.25) is 5.02 Å². The monoisotopic (exact) mass is 252 g/mol. The molecule has 2 aromatic rings. The second kappa shape index (κ2) is 4.95. The van der Waals surface area contributed by atoms with E-state index >= 15 is 0 Å². The van der Waals surface area contributed by atoms with E-state index < -0.39 is 0 Å². The highest BCUT2D eigenvalue weighted by Crippen LogP contribution is 2.27. The van der Waals surface area contributed by atoms with Crippen LogP contribution >= 0.6 is 22.9 Å². The number of hydrogen-bond donors (Lipinski definition) is 1. The fourth-order valence-corrected chi connectivity index (χ4v) is 2.52. The summed E-state index contributed by atoms with van der Waals surface area (Å²) in [5.74, 6) is 0. The van der Waals surface area contributed by atoms with E-state index in [1.807, 2.05) is 29.6 Å². The molecule has 0 aliphatic carbocycles. The Morgan fingerprint density at radius 1 is 1.50 bits per heavy atom. The number of nitrogens with zero attached hydrogens (tertiary/aromatic N) is 1. The zero-order valence-corrected chi connectivity index (χ0v) is 10.6. The Morgan fingerprint density at radius 2 is 2.31 bits per heavy atom. The Balaban J connectivity index is 2.31. The first kappa shape index (κ1) is 11.6. The first-order chi connectivity index (χ1) is 7.70. The van der Waals surface area contributed by atoms with Crippen molar-refractivity contribution in [3.8, 4) is 11.3 Å². The zero-order valence-electron chi connectivity index (χ0n) is 8.98. The quantitative estimate of drug-likeness (QED) is 0.901. The molecule has 4 heteroatoms. The molecule has 1 unspecified atom stereocenters. The number of thiazole rings is 1. The summed E-state index contributed by atoms with van der Waals surface area (Å²) in [5, 5.41) is 3.74. The lowest BCUT2D eigenvalue weighted by Gasteiger charge is -2.02. The molecule has 1 aromatic carbocycles. The van der Waals surface area contributed by atoms with Crippen LogP contribution in [0, 0.1) is 0 Å². The molecular weight excluding hydrogens is 240 g/mol. The van der Waals surface area contributed by atoms with Crippen LogP contribution < -0.4 is 5.73 Å². The van der Waals surface area contributed by atoms with Crippen molar-refractivity contribution in [3.63, 3.8) is 0 Å². The number of nitrogens with two attached hydrogens (primary N) is 1. The molecule has 84 valence electrons. The van der Waals surface area contributed by atoms with Crippen LogP contribution in [0.3, 0.4) is 0 Å². The molecule has 2 nitrogen and oxygen atoms in total. The predicted octanol–water partition coefficient (Wildman–Crippen LogP) is 3.87. The van der Waals surface area contributed by atoms with Gasteiger partial charge < -0.3 is 5.73 Å². The normalized spacial score (nSPS) is 12.7. The third-order valence-corrected chi connectivity index (χ3v) is 3.61. The molecule has 0 saturated heterocycles. The van der Waals surface area contributed by atoms with Gasteiger partial charge in [0.15, 0.2) is 0 Å². The van der Waals surface area contributed by atoms with Gasteiger partial charge in [0.1, 0.15) is 5.01 Å². The van der Waals surface area contributed by atoms with Gasteiger partial charge in [-0.15, -0.1) is 11.3 Å². The highest BCUT2D eigenvalue weighted by atomic mass is 35.5. The summed E-state index contributed by atoms with van der Waals surface area (Å²) in [5.41, 5.74) is 7.93. The summed E-state index contributed by atoms with van der Waals surface area (Å²) in [4.78, 5) is 4.53. The maximum atomic E-state index is 5.94. The van der Waals surface area contributed by atoms with E-state index in [1.54, 1.807) is 11.3 Å². The van der Waals surface area contributed by atoms with Crippen LogP contribution in [-0.4, -0.2) is 4.98 Å². The molecule has 0 bridgehead atoms. The van der Waals surface area contributed by atoms with Crippen molar-refractivity contribution in [1.82, 2.24) is 4.98 Å². The van der Waals surface area contributed by atoms with Crippen molar-refractivity contribution >= 4 is 22.9 Å². The van der Waals surface area contributed by atoms with E-state index in [0.29, 0.717) is 0 Å². The Bertz CT molecular complexity index is 481. The SMILES string of the molecule is CCC(N)c1nc(-c2cccc(Cl)c2)cs1. The summed E-state index contributed by atoms with van der Waals surface area (Å²) < 4.78 is 0. The van der Waals surface area contributed by atoms with Crippen LogP contribution in [0.4, 0.5) is 0 Å². The lowest BCUT2D eigenvalue weighted by Crippen LogP contribution is -2.07. The minimum atomic E-state index is 0.0398. The van der Waals surface area contributed by atoms with Crippen molar-refractivity contribution < 1.29 is 0 Å². The molecule has 0 fully saturated rings. The number of halogens is 1. The molecule has 2 rings (SSSR count). The lowest BCUT2D eigenvalue weighted by atomic mass is 10.2. The second-order valence-corrected chi connectivity index (χ2v) is 4.92. The zero-order chi connectivity index (χ0) is 11.5. The molecule has 0 aliphatic heterocycles. The van der Waals surface area contributed by atoms with Crippen molar-refractivity contribution in [2.45, 2.75) is 19.4 Å². The predicted molar refractivity (Wildman–Crippen MR) is 69.8 cm³/mol. The van der Waals surface area contributed by atoms with Gasteiger partial charge in [0.2, 0.25) is 0 Å². The van der Waals surface area contributed by atoms with E-state index in [-0.39, 0.29) is 6.04 Å². The number of rotatable bonds is 3. The van der Waals surface area contributed by atoms with Gasteiger partial charge in [-0.25, -0.2) is 4.98 Å². The van der Waals surface area contributed by atoms with E-state index in [2.05, 4.69) is 11.9 Å². The summed E-state index contributed by atoms with van der Waals surface area (Å²) in [6.07, 6.45) is 0.905. The lowest BCUT2D eigenvalue weighted by molar-refractivity contribution is 0.693. The Morgan fingerprint density at radius 3 is 3.00 bits per heavy atom. The molecule has 1 atom stereocenters. The van der Waals surface area contributed by atoms with Crippen molar-refractivity contribution in [2.24, 2.45) is 5.73 Å². The van der Waals surface area contributed by atoms with Crippen molar-refractivity contribution in [2.75, 3.05) is 0 Å². The number of benzene rings is 1. The average Bonchev–Trinajstić information content (AvgIpc) is 2.77. The first-order valence-corrected chi connectivity index (χ1v) is 6.43. The minimum absolute atomic E-state index is 0.0398. The second-order valence-electron chi connectivity index (χ2n) is 3.60. The molecule has 0 radical (unpaired) electrons. The van der Waals surface area contributed by atoms with E-state index in [4.69, 9.17) is 17.3 Å². The fourth-order valence-electron chi connectivity index (χ4n) is 1.41. The molecule has 0 spiro atoms. The summed E-state index contributed by atoms with van der Waals surface area (Å²) in [6.45, 7) is 2.06. The average molecular weight is 253 g/mol. The molecule has 1 aromatic heterocycles. The molecule has 2 N–H and O–H groups in total. The third-order valence-electron chi connectivity index (χ3n) is 2.40. The molecule has 0 saturated carbocycles. The van der Waals surface area contributed by atoms with Gasteiger partial charge in [-0.05, 0) is 18.6 Å². The fraction of sp³-hybridized carbons (Fsp3) is 0.250. The molecule has 0 amide bonds. The van der Waals surface area contributed by atoms with Gasteiger partial charge in [-0.1, -0.05) is 30.7 Å². The van der Waals surface area contributed by atoms with E-state index in [0.717, 1.165) is 27.7 Å². The number of aromatic nitrogens is 1.